The number of hydrogen-bond acceptors (Lipinski definition) is 6. The second kappa shape index (κ2) is 6.86. The quantitative estimate of drug-likeness (QED) is 0.682. The summed E-state index contributed by atoms with van der Waals surface area (Å²) in [5.74, 6) is -0.214. The number of methoxy groups -OCH3 is 1. The Morgan fingerprint density at radius 3 is 3.00 bits per heavy atom. The fraction of sp³-hybridized carbons (Fsp3) is 0.692. The highest BCUT2D eigenvalue weighted by molar-refractivity contribution is 7.13. The van der Waals surface area contributed by atoms with E-state index in [9.17, 15) is 4.79 Å². The smallest absolute Gasteiger partial charge is 0.311 e. The van der Waals surface area contributed by atoms with Crippen molar-refractivity contribution in [1.82, 2.24) is 4.98 Å². The third-order valence-corrected chi connectivity index (χ3v) is 3.87. The lowest BCUT2D eigenvalue weighted by Gasteiger charge is -2.20. The van der Waals surface area contributed by atoms with Crippen LogP contribution in [-0.4, -0.2) is 43.9 Å². The van der Waals surface area contributed by atoms with Crippen LogP contribution < -0.4 is 4.90 Å². The molecule has 1 fully saturated rings. The summed E-state index contributed by atoms with van der Waals surface area (Å²) in [6.07, 6.45) is 2.69. The molecule has 1 aromatic rings. The number of esters is 1. The lowest BCUT2D eigenvalue weighted by atomic mass is 10.3. The SMILES string of the molecule is CCOC(=O)Cc1csc(N(CCOC)C2CC2)n1. The van der Waals surface area contributed by atoms with Crippen LogP contribution >= 0.6 is 11.3 Å². The minimum Gasteiger partial charge on any atom is -0.466 e. The van der Waals surface area contributed by atoms with Crippen molar-refractivity contribution in [3.8, 4) is 0 Å². The van der Waals surface area contributed by atoms with Gasteiger partial charge in [0.05, 0.1) is 25.3 Å². The van der Waals surface area contributed by atoms with Crippen LogP contribution in [0.25, 0.3) is 0 Å². The molecule has 6 heteroatoms. The van der Waals surface area contributed by atoms with Crippen molar-refractivity contribution in [3.63, 3.8) is 0 Å². The van der Waals surface area contributed by atoms with Gasteiger partial charge in [0.2, 0.25) is 0 Å². The van der Waals surface area contributed by atoms with E-state index in [0.717, 1.165) is 17.4 Å². The Balaban J connectivity index is 1.95. The van der Waals surface area contributed by atoms with E-state index in [0.29, 0.717) is 19.3 Å². The molecule has 0 N–H and O–H groups in total. The average Bonchev–Trinajstić information content (AvgIpc) is 3.11. The Bertz CT molecular complexity index is 418. The fourth-order valence-electron chi connectivity index (χ4n) is 1.88. The molecule has 1 aliphatic carbocycles. The molecule has 0 aromatic carbocycles. The van der Waals surface area contributed by atoms with Gasteiger partial charge in [-0.15, -0.1) is 11.3 Å². The number of anilines is 1. The third-order valence-electron chi connectivity index (χ3n) is 2.94. The summed E-state index contributed by atoms with van der Waals surface area (Å²) in [5, 5.41) is 2.92. The van der Waals surface area contributed by atoms with Gasteiger partial charge in [-0.25, -0.2) is 4.98 Å². The van der Waals surface area contributed by atoms with E-state index in [-0.39, 0.29) is 12.4 Å². The molecule has 0 saturated heterocycles. The van der Waals surface area contributed by atoms with E-state index in [1.54, 1.807) is 18.4 Å². The van der Waals surface area contributed by atoms with Gasteiger partial charge in [0, 0.05) is 25.1 Å². The molecular weight excluding hydrogens is 264 g/mol. The molecule has 106 valence electrons. The largest absolute Gasteiger partial charge is 0.466 e. The summed E-state index contributed by atoms with van der Waals surface area (Å²) in [5.41, 5.74) is 0.793. The summed E-state index contributed by atoms with van der Waals surface area (Å²) in [4.78, 5) is 18.2. The topological polar surface area (TPSA) is 51.7 Å². The van der Waals surface area contributed by atoms with Gasteiger partial charge in [-0.3, -0.25) is 4.79 Å². The standard InChI is InChI=1S/C13H20N2O3S/c1-3-18-12(16)8-10-9-19-13(14-10)15(6-7-17-2)11-4-5-11/h9,11H,3-8H2,1-2H3. The molecule has 1 aliphatic rings. The van der Waals surface area contributed by atoms with Gasteiger partial charge < -0.3 is 14.4 Å². The fourth-order valence-corrected chi connectivity index (χ4v) is 2.80. The first-order chi connectivity index (χ1) is 9.24. The molecule has 0 bridgehead atoms. The highest BCUT2D eigenvalue weighted by Crippen LogP contribution is 2.33. The number of hydrogen-bond donors (Lipinski definition) is 0. The predicted molar refractivity (Wildman–Crippen MR) is 74.7 cm³/mol. The van der Waals surface area contributed by atoms with Crippen LogP contribution in [0.4, 0.5) is 5.13 Å². The molecule has 1 heterocycles. The number of ether oxygens (including phenoxy) is 2. The first kappa shape index (κ1) is 14.3. The predicted octanol–water partition coefficient (Wildman–Crippen LogP) is 1.86. The van der Waals surface area contributed by atoms with Gasteiger partial charge in [0.25, 0.3) is 0 Å². The zero-order chi connectivity index (χ0) is 13.7. The van der Waals surface area contributed by atoms with Gasteiger partial charge in [-0.1, -0.05) is 0 Å². The monoisotopic (exact) mass is 284 g/mol. The molecule has 1 saturated carbocycles. The van der Waals surface area contributed by atoms with Crippen LogP contribution in [0.1, 0.15) is 25.5 Å². The van der Waals surface area contributed by atoms with Gasteiger partial charge in [-0.05, 0) is 19.8 Å². The summed E-state index contributed by atoms with van der Waals surface area (Å²) in [6.45, 7) is 3.78. The Labute approximate surface area is 117 Å². The van der Waals surface area contributed by atoms with Crippen molar-refractivity contribution in [3.05, 3.63) is 11.1 Å². The molecule has 1 aromatic heterocycles. The summed E-state index contributed by atoms with van der Waals surface area (Å²) >= 11 is 1.59. The first-order valence-electron chi connectivity index (χ1n) is 6.60. The van der Waals surface area contributed by atoms with Crippen LogP contribution in [0.3, 0.4) is 0 Å². The van der Waals surface area contributed by atoms with Crippen molar-refractivity contribution in [2.45, 2.75) is 32.2 Å². The molecular formula is C13H20N2O3S. The third kappa shape index (κ3) is 4.18. The Morgan fingerprint density at radius 2 is 2.37 bits per heavy atom. The lowest BCUT2D eigenvalue weighted by molar-refractivity contribution is -0.142. The molecule has 0 amide bonds. The summed E-state index contributed by atoms with van der Waals surface area (Å²) < 4.78 is 10.1. The second-order valence-corrected chi connectivity index (χ2v) is 5.36. The Kier molecular flexibility index (Phi) is 5.15. The van der Waals surface area contributed by atoms with E-state index in [4.69, 9.17) is 9.47 Å². The van der Waals surface area contributed by atoms with Crippen LogP contribution in [0.15, 0.2) is 5.38 Å². The summed E-state index contributed by atoms with van der Waals surface area (Å²) in [7, 11) is 1.71. The molecule has 0 atom stereocenters. The first-order valence-corrected chi connectivity index (χ1v) is 7.48. The van der Waals surface area contributed by atoms with Crippen LogP contribution in [-0.2, 0) is 20.7 Å². The van der Waals surface area contributed by atoms with Crippen molar-refractivity contribution in [2.75, 3.05) is 31.8 Å². The van der Waals surface area contributed by atoms with E-state index in [1.165, 1.54) is 12.8 Å². The zero-order valence-corrected chi connectivity index (χ0v) is 12.2. The highest BCUT2D eigenvalue weighted by Gasteiger charge is 2.30. The number of thiazole rings is 1. The molecule has 2 rings (SSSR count). The van der Waals surface area contributed by atoms with Gasteiger partial charge in [0.1, 0.15) is 0 Å². The minimum atomic E-state index is -0.214. The van der Waals surface area contributed by atoms with Gasteiger partial charge in [-0.2, -0.15) is 0 Å². The van der Waals surface area contributed by atoms with Crippen molar-refractivity contribution in [1.29, 1.82) is 0 Å². The lowest BCUT2D eigenvalue weighted by Crippen LogP contribution is -2.29. The maximum absolute atomic E-state index is 11.4. The Hall–Kier alpha value is -1.14. The van der Waals surface area contributed by atoms with Gasteiger partial charge in [0.15, 0.2) is 5.13 Å². The number of rotatable bonds is 8. The van der Waals surface area contributed by atoms with E-state index < -0.39 is 0 Å². The normalized spacial score (nSPS) is 14.4. The van der Waals surface area contributed by atoms with E-state index >= 15 is 0 Å². The number of aromatic nitrogens is 1. The van der Waals surface area contributed by atoms with Crippen LogP contribution in [0.5, 0.6) is 0 Å². The van der Waals surface area contributed by atoms with Crippen molar-refractivity contribution >= 4 is 22.4 Å². The maximum atomic E-state index is 11.4. The summed E-state index contributed by atoms with van der Waals surface area (Å²) in [6, 6.07) is 0.594. The molecule has 19 heavy (non-hydrogen) atoms. The Morgan fingerprint density at radius 1 is 1.58 bits per heavy atom. The maximum Gasteiger partial charge on any atom is 0.311 e. The molecule has 0 aliphatic heterocycles. The molecule has 0 radical (unpaired) electrons. The van der Waals surface area contributed by atoms with Gasteiger partial charge >= 0.3 is 5.97 Å². The number of carbonyl (C=O) groups is 1. The molecule has 0 unspecified atom stereocenters. The highest BCUT2D eigenvalue weighted by atomic mass is 32.1. The molecule has 0 spiro atoms. The second-order valence-electron chi connectivity index (χ2n) is 4.52. The zero-order valence-electron chi connectivity index (χ0n) is 11.4. The van der Waals surface area contributed by atoms with Crippen molar-refractivity contribution < 1.29 is 14.3 Å². The van der Waals surface area contributed by atoms with E-state index in [1.807, 2.05) is 12.3 Å². The van der Waals surface area contributed by atoms with E-state index in [2.05, 4.69) is 9.88 Å². The van der Waals surface area contributed by atoms with Crippen LogP contribution in [0, 0.1) is 0 Å². The minimum absolute atomic E-state index is 0.214. The average molecular weight is 284 g/mol. The van der Waals surface area contributed by atoms with Crippen LogP contribution in [0.2, 0.25) is 0 Å². The van der Waals surface area contributed by atoms with Crippen molar-refractivity contribution in [2.24, 2.45) is 0 Å². The number of nitrogens with zero attached hydrogens (tertiary/aromatic N) is 2. The molecule has 5 nitrogen and oxygen atoms in total. The number of carbonyl (C=O) groups excluding carboxylic acids is 1.